The van der Waals surface area contributed by atoms with E-state index in [1.54, 1.807) is 15.2 Å². The molecule has 1 saturated heterocycles. The maximum absolute atomic E-state index is 12.5. The Kier molecular flexibility index (Phi) is 4.82. The molecule has 0 saturated carbocycles. The molecule has 0 aromatic carbocycles. The van der Waals surface area contributed by atoms with Crippen molar-refractivity contribution >= 4 is 10.0 Å². The lowest BCUT2D eigenvalue weighted by Crippen LogP contribution is -2.39. The van der Waals surface area contributed by atoms with Gasteiger partial charge in [-0.2, -0.15) is 9.40 Å². The van der Waals surface area contributed by atoms with Gasteiger partial charge in [0.2, 0.25) is 10.0 Å². The Labute approximate surface area is 121 Å². The Morgan fingerprint density at radius 3 is 2.60 bits per heavy atom. The van der Waals surface area contributed by atoms with Crippen molar-refractivity contribution in [2.24, 2.45) is 17.6 Å². The molecule has 0 amide bonds. The summed E-state index contributed by atoms with van der Waals surface area (Å²) >= 11 is 0. The molecule has 114 valence electrons. The zero-order valence-electron chi connectivity index (χ0n) is 12.2. The van der Waals surface area contributed by atoms with Crippen LogP contribution >= 0.6 is 0 Å². The van der Waals surface area contributed by atoms with E-state index < -0.39 is 10.0 Å². The van der Waals surface area contributed by atoms with E-state index in [2.05, 4.69) is 18.9 Å². The van der Waals surface area contributed by atoms with Gasteiger partial charge in [0.05, 0.1) is 12.7 Å². The van der Waals surface area contributed by atoms with Gasteiger partial charge in [-0.15, -0.1) is 0 Å². The largest absolute Gasteiger partial charge is 0.329 e. The minimum Gasteiger partial charge on any atom is -0.329 e. The average molecular weight is 300 g/mol. The lowest BCUT2D eigenvalue weighted by atomic mass is 9.87. The molecule has 1 fully saturated rings. The van der Waals surface area contributed by atoms with Crippen LogP contribution in [0.5, 0.6) is 0 Å². The van der Waals surface area contributed by atoms with Crippen molar-refractivity contribution in [1.29, 1.82) is 0 Å². The summed E-state index contributed by atoms with van der Waals surface area (Å²) in [6, 6.07) is 0. The third-order valence-electron chi connectivity index (χ3n) is 4.05. The van der Waals surface area contributed by atoms with Crippen LogP contribution in [-0.2, 0) is 16.6 Å². The zero-order valence-corrected chi connectivity index (χ0v) is 13.0. The number of hydrogen-bond donors (Lipinski definition) is 1. The lowest BCUT2D eigenvalue weighted by molar-refractivity contribution is 0.226. The summed E-state index contributed by atoms with van der Waals surface area (Å²) in [7, 11) is -3.40. The minimum absolute atomic E-state index is 0.272. The number of hydrogen-bond acceptors (Lipinski definition) is 4. The van der Waals surface area contributed by atoms with Gasteiger partial charge < -0.3 is 5.73 Å². The highest BCUT2D eigenvalue weighted by Crippen LogP contribution is 2.27. The first kappa shape index (κ1) is 15.5. The molecule has 2 heterocycles. The van der Waals surface area contributed by atoms with Crippen LogP contribution in [0, 0.1) is 11.8 Å². The fourth-order valence-electron chi connectivity index (χ4n) is 2.66. The van der Waals surface area contributed by atoms with E-state index in [-0.39, 0.29) is 4.90 Å². The second kappa shape index (κ2) is 6.24. The number of aromatic nitrogens is 2. The average Bonchev–Trinajstić information content (AvgIpc) is 2.88. The van der Waals surface area contributed by atoms with E-state index in [0.29, 0.717) is 38.0 Å². The van der Waals surface area contributed by atoms with Crippen LogP contribution in [0.1, 0.15) is 26.7 Å². The molecule has 0 aliphatic carbocycles. The van der Waals surface area contributed by atoms with Crippen LogP contribution in [-0.4, -0.2) is 42.1 Å². The zero-order chi connectivity index (χ0) is 14.8. The molecular weight excluding hydrogens is 276 g/mol. The number of piperidine rings is 1. The highest BCUT2D eigenvalue weighted by atomic mass is 32.2. The third kappa shape index (κ3) is 3.21. The topological polar surface area (TPSA) is 81.2 Å². The first-order valence-electron chi connectivity index (χ1n) is 7.18. The lowest BCUT2D eigenvalue weighted by Gasteiger charge is -2.32. The van der Waals surface area contributed by atoms with Gasteiger partial charge in [0.25, 0.3) is 0 Å². The van der Waals surface area contributed by atoms with Gasteiger partial charge in [-0.05, 0) is 24.7 Å². The van der Waals surface area contributed by atoms with E-state index >= 15 is 0 Å². The van der Waals surface area contributed by atoms with E-state index in [4.69, 9.17) is 5.73 Å². The van der Waals surface area contributed by atoms with Gasteiger partial charge in [-0.25, -0.2) is 8.42 Å². The predicted octanol–water partition coefficient (Wildman–Crippen LogP) is 0.899. The van der Waals surface area contributed by atoms with E-state index in [1.807, 2.05) is 0 Å². The van der Waals surface area contributed by atoms with E-state index in [9.17, 15) is 8.42 Å². The Balaban J connectivity index is 2.07. The molecule has 0 bridgehead atoms. The first-order chi connectivity index (χ1) is 9.45. The van der Waals surface area contributed by atoms with Crippen LogP contribution in [0.2, 0.25) is 0 Å². The molecule has 0 atom stereocenters. The Hall–Kier alpha value is -0.920. The maximum Gasteiger partial charge on any atom is 0.246 e. The van der Waals surface area contributed by atoms with Gasteiger partial charge in [0.15, 0.2) is 0 Å². The predicted molar refractivity (Wildman–Crippen MR) is 77.6 cm³/mol. The molecular formula is C13H24N4O2S. The molecule has 2 N–H and O–H groups in total. The number of sulfonamides is 1. The number of nitrogens with two attached hydrogens (primary N) is 1. The maximum atomic E-state index is 12.5. The van der Waals surface area contributed by atoms with Gasteiger partial charge in [0, 0.05) is 25.8 Å². The van der Waals surface area contributed by atoms with Crippen LogP contribution in [0.25, 0.3) is 0 Å². The molecule has 2 rings (SSSR count). The van der Waals surface area contributed by atoms with Crippen LogP contribution < -0.4 is 5.73 Å². The van der Waals surface area contributed by atoms with Gasteiger partial charge in [-0.3, -0.25) is 4.68 Å². The molecule has 0 radical (unpaired) electrons. The standard InChI is InChI=1S/C13H24N4O2S/c1-11(2)12-3-6-17(7-4-12)20(18,19)13-9-15-16(10-13)8-5-14/h9-12H,3-8,14H2,1-2H3. The molecule has 1 aromatic rings. The van der Waals surface area contributed by atoms with Gasteiger partial charge in [0.1, 0.15) is 4.90 Å². The van der Waals surface area contributed by atoms with Gasteiger partial charge >= 0.3 is 0 Å². The molecule has 6 nitrogen and oxygen atoms in total. The summed E-state index contributed by atoms with van der Waals surface area (Å²) in [5, 5.41) is 4.04. The monoisotopic (exact) mass is 300 g/mol. The summed E-state index contributed by atoms with van der Waals surface area (Å²) in [5.41, 5.74) is 5.44. The third-order valence-corrected chi connectivity index (χ3v) is 5.90. The summed E-state index contributed by atoms with van der Waals surface area (Å²) in [5.74, 6) is 1.24. The van der Waals surface area contributed by atoms with E-state index in [0.717, 1.165) is 12.8 Å². The number of nitrogens with zero attached hydrogens (tertiary/aromatic N) is 3. The van der Waals surface area contributed by atoms with Crippen molar-refractivity contribution in [1.82, 2.24) is 14.1 Å². The summed E-state index contributed by atoms with van der Waals surface area (Å²) in [6.07, 6.45) is 4.86. The Morgan fingerprint density at radius 2 is 2.05 bits per heavy atom. The highest BCUT2D eigenvalue weighted by molar-refractivity contribution is 7.89. The minimum atomic E-state index is -3.40. The smallest absolute Gasteiger partial charge is 0.246 e. The fraction of sp³-hybridized carbons (Fsp3) is 0.769. The van der Waals surface area contributed by atoms with Gasteiger partial charge in [-0.1, -0.05) is 13.8 Å². The van der Waals surface area contributed by atoms with Crippen molar-refractivity contribution in [3.8, 4) is 0 Å². The van der Waals surface area contributed by atoms with Crippen molar-refractivity contribution in [2.75, 3.05) is 19.6 Å². The molecule has 0 spiro atoms. The van der Waals surface area contributed by atoms with Crippen molar-refractivity contribution in [3.05, 3.63) is 12.4 Å². The molecule has 7 heteroatoms. The first-order valence-corrected chi connectivity index (χ1v) is 8.62. The quantitative estimate of drug-likeness (QED) is 0.876. The molecule has 20 heavy (non-hydrogen) atoms. The molecule has 1 aliphatic heterocycles. The fourth-order valence-corrected chi connectivity index (χ4v) is 4.09. The highest BCUT2D eigenvalue weighted by Gasteiger charge is 2.31. The van der Waals surface area contributed by atoms with Crippen LogP contribution in [0.15, 0.2) is 17.3 Å². The van der Waals surface area contributed by atoms with Crippen molar-refractivity contribution < 1.29 is 8.42 Å². The summed E-state index contributed by atoms with van der Waals surface area (Å²) in [6.45, 7) is 6.59. The molecule has 1 aromatic heterocycles. The van der Waals surface area contributed by atoms with Crippen molar-refractivity contribution in [3.63, 3.8) is 0 Å². The Morgan fingerprint density at radius 1 is 1.40 bits per heavy atom. The normalized spacial score (nSPS) is 18.8. The van der Waals surface area contributed by atoms with Crippen LogP contribution in [0.4, 0.5) is 0 Å². The summed E-state index contributed by atoms with van der Waals surface area (Å²) in [4.78, 5) is 0.272. The molecule has 0 unspecified atom stereocenters. The SMILES string of the molecule is CC(C)C1CCN(S(=O)(=O)c2cnn(CCN)c2)CC1. The van der Waals surface area contributed by atoms with Crippen LogP contribution in [0.3, 0.4) is 0 Å². The molecule has 1 aliphatic rings. The van der Waals surface area contributed by atoms with E-state index in [1.165, 1.54) is 6.20 Å². The second-order valence-corrected chi connectivity index (χ2v) is 7.65. The summed E-state index contributed by atoms with van der Waals surface area (Å²) < 4.78 is 28.2. The number of rotatable bonds is 5. The second-order valence-electron chi connectivity index (χ2n) is 5.71. The Bertz CT molecular complexity index is 530. The van der Waals surface area contributed by atoms with Crippen molar-refractivity contribution in [2.45, 2.75) is 38.1 Å².